The van der Waals surface area contributed by atoms with Crippen molar-refractivity contribution >= 4 is 35.2 Å². The van der Waals surface area contributed by atoms with Crippen molar-refractivity contribution in [3.63, 3.8) is 0 Å². The number of benzene rings is 3. The fourth-order valence-corrected chi connectivity index (χ4v) is 4.39. The highest BCUT2D eigenvalue weighted by Crippen LogP contribution is 2.45. The second-order valence-corrected chi connectivity index (χ2v) is 8.13. The number of hydrogen-bond acceptors (Lipinski definition) is 7. The van der Waals surface area contributed by atoms with Crippen molar-refractivity contribution in [1.82, 2.24) is 4.90 Å². The van der Waals surface area contributed by atoms with E-state index in [0.29, 0.717) is 39.5 Å². The van der Waals surface area contributed by atoms with Crippen LogP contribution in [0.5, 0.6) is 5.75 Å². The highest BCUT2D eigenvalue weighted by Gasteiger charge is 2.44. The van der Waals surface area contributed by atoms with Crippen LogP contribution in [0, 0.1) is 0 Å². The minimum atomic E-state index is -0.299. The first-order valence-corrected chi connectivity index (χ1v) is 10.8. The number of carbonyl (C=O) groups is 2. The first-order chi connectivity index (χ1) is 16.1. The lowest BCUT2D eigenvalue weighted by Gasteiger charge is -2.21. The van der Waals surface area contributed by atoms with Crippen LogP contribution in [0.2, 0.25) is 0 Å². The zero-order valence-corrected chi connectivity index (χ0v) is 18.3. The fraction of sp³-hybridized carbons (Fsp3) is 0.0400. The summed E-state index contributed by atoms with van der Waals surface area (Å²) in [5.74, 6) is 5.32. The predicted molar refractivity (Wildman–Crippen MR) is 123 cm³/mol. The second-order valence-electron chi connectivity index (χ2n) is 7.35. The molecule has 1 amide bonds. The van der Waals surface area contributed by atoms with Gasteiger partial charge in [0.25, 0.3) is 5.91 Å². The number of amides is 1. The van der Waals surface area contributed by atoms with E-state index in [1.165, 1.54) is 4.90 Å². The van der Waals surface area contributed by atoms with Crippen LogP contribution in [0.1, 0.15) is 21.5 Å². The van der Waals surface area contributed by atoms with Gasteiger partial charge in [-0.05, 0) is 29.8 Å². The largest absolute Gasteiger partial charge is 0.456 e. The molecule has 0 bridgehead atoms. The third kappa shape index (κ3) is 3.65. The molecular formula is C25H18N2O5S. The van der Waals surface area contributed by atoms with Gasteiger partial charge < -0.3 is 9.64 Å². The van der Waals surface area contributed by atoms with Gasteiger partial charge in [0, 0.05) is 23.1 Å². The molecule has 0 fully saturated rings. The molecule has 0 saturated carbocycles. The number of Topliss-reactive ketones (excluding diaryl/α,β-unsaturated/α-hetero) is 1. The van der Waals surface area contributed by atoms with E-state index in [-0.39, 0.29) is 17.3 Å². The van der Waals surface area contributed by atoms with Gasteiger partial charge in [-0.2, -0.15) is 5.90 Å². The Morgan fingerprint density at radius 1 is 0.818 bits per heavy atom. The Bertz CT molecular complexity index is 1320. The van der Waals surface area contributed by atoms with E-state index in [4.69, 9.17) is 10.6 Å². The zero-order chi connectivity index (χ0) is 22.9. The Labute approximate surface area is 194 Å². The minimum absolute atomic E-state index is 0.216. The Morgan fingerprint density at radius 3 is 2.18 bits per heavy atom. The number of rotatable bonds is 6. The summed E-state index contributed by atoms with van der Waals surface area (Å²) in [6.07, 6.45) is 0. The Balaban J connectivity index is 1.69. The molecule has 2 aliphatic rings. The van der Waals surface area contributed by atoms with Crippen molar-refractivity contribution in [2.24, 2.45) is 5.90 Å². The third-order valence-electron chi connectivity index (χ3n) is 5.47. The Kier molecular flexibility index (Phi) is 5.57. The van der Waals surface area contributed by atoms with Gasteiger partial charge in [-0.25, -0.2) is 0 Å². The summed E-state index contributed by atoms with van der Waals surface area (Å²) in [5, 5.41) is 0. The smallest absolute Gasteiger partial charge is 0.262 e. The predicted octanol–water partition coefficient (Wildman–Crippen LogP) is 4.39. The average molecular weight is 458 g/mol. The minimum Gasteiger partial charge on any atom is -0.456 e. The zero-order valence-electron chi connectivity index (χ0n) is 17.5. The molecule has 3 aromatic rings. The maximum atomic E-state index is 13.6. The van der Waals surface area contributed by atoms with Crippen LogP contribution in [0.15, 0.2) is 94.9 Å². The molecule has 0 aromatic heterocycles. The average Bonchev–Trinajstić information content (AvgIpc) is 3.12. The number of nitrogens with zero attached hydrogens (tertiary/aromatic N) is 1. The van der Waals surface area contributed by atoms with Crippen molar-refractivity contribution in [3.8, 4) is 5.75 Å². The number of fused-ring (bicyclic) bond motifs is 2. The first kappa shape index (κ1) is 21.2. The first-order valence-electron chi connectivity index (χ1n) is 10.0. The SMILES string of the molecule is CN1C(=O)C2=C(Oc3ccccc3)c3ccccc3C(=O)C2=C1c1ccc(SOON)cc1. The highest BCUT2D eigenvalue weighted by atomic mass is 32.2. The van der Waals surface area contributed by atoms with Gasteiger partial charge in [-0.3, -0.25) is 9.59 Å². The van der Waals surface area contributed by atoms with Gasteiger partial charge in [0.1, 0.15) is 11.5 Å². The van der Waals surface area contributed by atoms with Crippen LogP contribution in [-0.2, 0) is 14.1 Å². The van der Waals surface area contributed by atoms with Crippen LogP contribution < -0.4 is 10.6 Å². The maximum Gasteiger partial charge on any atom is 0.262 e. The monoisotopic (exact) mass is 458 g/mol. The number of para-hydroxylation sites is 1. The maximum absolute atomic E-state index is 13.6. The topological polar surface area (TPSA) is 91.1 Å². The number of ketones is 1. The quantitative estimate of drug-likeness (QED) is 0.333. The van der Waals surface area contributed by atoms with Crippen molar-refractivity contribution in [2.45, 2.75) is 4.90 Å². The van der Waals surface area contributed by atoms with Gasteiger partial charge in [-0.15, -0.1) is 9.32 Å². The van der Waals surface area contributed by atoms with Gasteiger partial charge in [0.2, 0.25) is 0 Å². The van der Waals surface area contributed by atoms with E-state index in [0.717, 1.165) is 16.9 Å². The molecule has 2 N–H and O–H groups in total. The number of nitrogens with two attached hydrogens (primary N) is 1. The molecule has 33 heavy (non-hydrogen) atoms. The van der Waals surface area contributed by atoms with Crippen LogP contribution in [0.25, 0.3) is 11.5 Å². The Morgan fingerprint density at radius 2 is 1.48 bits per heavy atom. The van der Waals surface area contributed by atoms with Crippen LogP contribution in [0.4, 0.5) is 0 Å². The van der Waals surface area contributed by atoms with Crippen LogP contribution >= 0.6 is 12.0 Å². The van der Waals surface area contributed by atoms with Crippen molar-refractivity contribution in [2.75, 3.05) is 7.05 Å². The molecule has 164 valence electrons. The number of carbonyl (C=O) groups excluding carboxylic acids is 2. The van der Waals surface area contributed by atoms with Crippen molar-refractivity contribution in [1.29, 1.82) is 0 Å². The van der Waals surface area contributed by atoms with Gasteiger partial charge in [0.05, 0.1) is 28.9 Å². The second kappa shape index (κ2) is 8.68. The molecule has 0 spiro atoms. The van der Waals surface area contributed by atoms with Gasteiger partial charge in [0.15, 0.2) is 5.78 Å². The molecule has 0 atom stereocenters. The summed E-state index contributed by atoms with van der Waals surface area (Å²) in [4.78, 5) is 33.4. The number of hydrogen-bond donors (Lipinski definition) is 1. The van der Waals surface area contributed by atoms with E-state index >= 15 is 0 Å². The molecule has 0 radical (unpaired) electrons. The summed E-state index contributed by atoms with van der Waals surface area (Å²) in [5.41, 5.74) is 2.91. The molecule has 7 nitrogen and oxygen atoms in total. The van der Waals surface area contributed by atoms with Crippen LogP contribution in [0.3, 0.4) is 0 Å². The lowest BCUT2D eigenvalue weighted by molar-refractivity contribution is -0.195. The molecule has 1 heterocycles. The normalized spacial score (nSPS) is 15.2. The van der Waals surface area contributed by atoms with E-state index in [9.17, 15) is 9.59 Å². The van der Waals surface area contributed by atoms with Crippen LogP contribution in [-0.4, -0.2) is 23.6 Å². The standard InChI is InChI=1S/C25H18N2O5S/c1-27-22(15-11-13-17(14-12-15)33-32-31-26)20-21(25(27)29)24(30-16-7-3-2-4-8-16)19-10-6-5-9-18(19)23(20)28/h2-14H,26H2,1H3. The van der Waals surface area contributed by atoms with Gasteiger partial charge in [-0.1, -0.05) is 54.6 Å². The summed E-state index contributed by atoms with van der Waals surface area (Å²) < 4.78 is 10.9. The molecule has 3 aromatic carbocycles. The highest BCUT2D eigenvalue weighted by molar-refractivity contribution is 7.94. The van der Waals surface area contributed by atoms with Crippen molar-refractivity contribution in [3.05, 3.63) is 107 Å². The van der Waals surface area contributed by atoms with E-state index < -0.39 is 0 Å². The van der Waals surface area contributed by atoms with E-state index in [1.54, 1.807) is 37.4 Å². The molecule has 0 unspecified atom stereocenters. The van der Waals surface area contributed by atoms with Gasteiger partial charge >= 0.3 is 0 Å². The molecule has 5 rings (SSSR count). The lowest BCUT2D eigenvalue weighted by atomic mass is 9.85. The third-order valence-corrected chi connectivity index (χ3v) is 6.08. The summed E-state index contributed by atoms with van der Waals surface area (Å²) >= 11 is 0.949. The summed E-state index contributed by atoms with van der Waals surface area (Å²) in [6, 6.07) is 23.6. The van der Waals surface area contributed by atoms with Crippen molar-refractivity contribution < 1.29 is 23.6 Å². The fourth-order valence-electron chi connectivity index (χ4n) is 4.02. The van der Waals surface area contributed by atoms with E-state index in [1.807, 2.05) is 48.5 Å². The Hall–Kier alpha value is -3.69. The molecule has 1 aliphatic carbocycles. The molecule has 0 saturated heterocycles. The summed E-state index contributed by atoms with van der Waals surface area (Å²) in [7, 11) is 1.65. The lowest BCUT2D eigenvalue weighted by Crippen LogP contribution is -2.23. The molecular weight excluding hydrogens is 440 g/mol. The molecule has 8 heteroatoms. The summed E-state index contributed by atoms with van der Waals surface area (Å²) in [6.45, 7) is 0. The van der Waals surface area contributed by atoms with E-state index in [2.05, 4.69) is 9.32 Å². The number of likely N-dealkylation sites (N-methyl/N-ethyl adjacent to an activating group) is 1. The molecule has 1 aliphatic heterocycles. The number of ether oxygens (including phenoxy) is 1.